The Morgan fingerprint density at radius 3 is 2.29 bits per heavy atom. The van der Waals surface area contributed by atoms with Crippen molar-refractivity contribution in [2.75, 3.05) is 47.6 Å². The van der Waals surface area contributed by atoms with Gasteiger partial charge in [0.2, 0.25) is 6.79 Å². The summed E-state index contributed by atoms with van der Waals surface area (Å²) in [4.78, 5) is 16.9. The Morgan fingerprint density at radius 1 is 1.00 bits per heavy atom. The molecule has 3 saturated heterocycles. The number of rotatable bonds is 12. The number of piperazine rings is 1. The standard InChI is InChI=1S/C45H53N3O9Si/c1-27-20-29-21-32-34(23-46)48-33(38(47-32)36(29)41(39(27)52-7)54-25-53-19-18-51-6)22-45(50)37(42-40(55-26-56-42)28(2)43(45)49)35(48)24-57-58(44(3,4)5,30-14-10-8-11-15-30)31-16-12-9-13-17-31/h8-17,20,32-35,38,47,50H,18-19,21-22,24-26H2,1-7H3/t32-,33?,34-,35-,38-,45?/m0/s1. The molecule has 306 valence electrons. The summed E-state index contributed by atoms with van der Waals surface area (Å²) in [6, 6.07) is 22.7. The lowest BCUT2D eigenvalue weighted by Gasteiger charge is -2.60. The highest BCUT2D eigenvalue weighted by atomic mass is 28.4. The molecule has 6 atom stereocenters. The monoisotopic (exact) mass is 807 g/mol. The quantitative estimate of drug-likeness (QED) is 0.153. The fourth-order valence-electron chi connectivity index (χ4n) is 10.3. The van der Waals surface area contributed by atoms with Gasteiger partial charge in [0, 0.05) is 42.3 Å². The molecule has 13 heteroatoms. The molecule has 8 rings (SSSR count). The maximum absolute atomic E-state index is 14.7. The molecule has 58 heavy (non-hydrogen) atoms. The second-order valence-corrected chi connectivity index (χ2v) is 21.1. The minimum absolute atomic E-state index is 0.0175. The van der Waals surface area contributed by atoms with Crippen LogP contribution in [0.25, 0.3) is 0 Å². The Balaban J connectivity index is 1.31. The fraction of sp³-hybridized carbons (Fsp3) is 0.467. The van der Waals surface area contributed by atoms with Crippen molar-refractivity contribution >= 4 is 24.5 Å². The maximum Gasteiger partial charge on any atom is 0.261 e. The van der Waals surface area contributed by atoms with Gasteiger partial charge in [-0.2, -0.15) is 5.26 Å². The van der Waals surface area contributed by atoms with Gasteiger partial charge in [0.15, 0.2) is 41.2 Å². The number of methoxy groups -OCH3 is 2. The number of piperidine rings is 1. The van der Waals surface area contributed by atoms with Gasteiger partial charge in [-0.15, -0.1) is 0 Å². The molecule has 2 unspecified atom stereocenters. The third-order valence-electron chi connectivity index (χ3n) is 12.6. The third-order valence-corrected chi connectivity index (χ3v) is 17.7. The lowest BCUT2D eigenvalue weighted by atomic mass is 9.65. The summed E-state index contributed by atoms with van der Waals surface area (Å²) in [5.41, 5.74) is 1.45. The Kier molecular flexibility index (Phi) is 10.8. The number of fused-ring (bicyclic) bond motifs is 8. The molecule has 12 nitrogen and oxygen atoms in total. The second-order valence-electron chi connectivity index (χ2n) is 16.8. The van der Waals surface area contributed by atoms with E-state index in [9.17, 15) is 15.2 Å². The van der Waals surface area contributed by atoms with Crippen LogP contribution in [0.5, 0.6) is 11.5 Å². The Labute approximate surface area is 341 Å². The molecule has 0 saturated carbocycles. The van der Waals surface area contributed by atoms with E-state index in [-0.39, 0.29) is 37.7 Å². The highest BCUT2D eigenvalue weighted by molar-refractivity contribution is 6.99. The van der Waals surface area contributed by atoms with Crippen LogP contribution in [-0.4, -0.2) is 102 Å². The lowest BCUT2D eigenvalue weighted by Crippen LogP contribution is -2.75. The lowest BCUT2D eigenvalue weighted by molar-refractivity contribution is -0.142. The molecule has 0 amide bonds. The van der Waals surface area contributed by atoms with Gasteiger partial charge in [-0.25, -0.2) is 0 Å². The van der Waals surface area contributed by atoms with Gasteiger partial charge in [0.05, 0.1) is 45.1 Å². The third kappa shape index (κ3) is 6.28. The summed E-state index contributed by atoms with van der Waals surface area (Å²) in [5.74, 6) is 1.33. The largest absolute Gasteiger partial charge is 0.493 e. The number of carbonyl (C=O) groups excluding carboxylic acids is 1. The first-order valence-corrected chi connectivity index (χ1v) is 21.9. The van der Waals surface area contributed by atoms with Crippen molar-refractivity contribution in [3.05, 3.63) is 106 Å². The molecule has 3 aromatic rings. The molecule has 0 aromatic heterocycles. The van der Waals surface area contributed by atoms with Crippen molar-refractivity contribution in [2.45, 2.75) is 88.3 Å². The minimum Gasteiger partial charge on any atom is -0.493 e. The summed E-state index contributed by atoms with van der Waals surface area (Å²) < 4.78 is 43.1. The van der Waals surface area contributed by atoms with Crippen molar-refractivity contribution in [1.82, 2.24) is 10.2 Å². The number of carbonyl (C=O) groups is 1. The van der Waals surface area contributed by atoms with Gasteiger partial charge >= 0.3 is 0 Å². The van der Waals surface area contributed by atoms with Gasteiger partial charge in [0.25, 0.3) is 8.32 Å². The number of nitrogens with one attached hydrogen (secondary N) is 1. The Bertz CT molecular complexity index is 2130. The van der Waals surface area contributed by atoms with E-state index in [1.807, 2.05) is 43.3 Å². The molecule has 5 aliphatic rings. The van der Waals surface area contributed by atoms with Gasteiger partial charge in [-0.1, -0.05) is 87.5 Å². The zero-order valence-electron chi connectivity index (χ0n) is 34.3. The summed E-state index contributed by atoms with van der Waals surface area (Å²) >= 11 is 0. The Hall–Kier alpha value is -4.52. The van der Waals surface area contributed by atoms with E-state index in [4.69, 9.17) is 32.8 Å². The van der Waals surface area contributed by atoms with E-state index in [1.54, 1.807) is 21.1 Å². The van der Waals surface area contributed by atoms with Crippen molar-refractivity contribution in [1.29, 1.82) is 5.26 Å². The predicted octanol–water partition coefficient (Wildman–Crippen LogP) is 4.33. The van der Waals surface area contributed by atoms with E-state index in [1.165, 1.54) is 0 Å². The van der Waals surface area contributed by atoms with Crippen LogP contribution in [0.15, 0.2) is 89.4 Å². The summed E-state index contributed by atoms with van der Waals surface area (Å²) in [5, 5.41) is 29.9. The minimum atomic E-state index is -3.16. The first-order valence-electron chi connectivity index (χ1n) is 20.0. The van der Waals surface area contributed by atoms with Crippen molar-refractivity contribution in [3.8, 4) is 17.6 Å². The van der Waals surface area contributed by atoms with Crippen LogP contribution in [0, 0.1) is 18.3 Å². The van der Waals surface area contributed by atoms with E-state index in [2.05, 4.69) is 67.4 Å². The fourth-order valence-corrected chi connectivity index (χ4v) is 14.8. The van der Waals surface area contributed by atoms with Gasteiger partial charge in [-0.3, -0.25) is 9.69 Å². The smallest absolute Gasteiger partial charge is 0.261 e. The van der Waals surface area contributed by atoms with E-state index < -0.39 is 43.9 Å². The van der Waals surface area contributed by atoms with Crippen LogP contribution in [0.4, 0.5) is 0 Å². The highest BCUT2D eigenvalue weighted by Crippen LogP contribution is 2.55. The molecule has 4 heterocycles. The highest BCUT2D eigenvalue weighted by Gasteiger charge is 2.64. The number of benzene rings is 3. The maximum atomic E-state index is 14.7. The first-order chi connectivity index (χ1) is 27.9. The van der Waals surface area contributed by atoms with Crippen LogP contribution in [0.2, 0.25) is 5.04 Å². The van der Waals surface area contributed by atoms with Crippen LogP contribution < -0.4 is 25.2 Å². The van der Waals surface area contributed by atoms with Crippen LogP contribution >= 0.6 is 0 Å². The topological polar surface area (TPSA) is 141 Å². The van der Waals surface area contributed by atoms with E-state index in [0.29, 0.717) is 53.8 Å². The number of nitriles is 1. The van der Waals surface area contributed by atoms with Crippen LogP contribution in [0.3, 0.4) is 0 Å². The summed E-state index contributed by atoms with van der Waals surface area (Å²) in [6.07, 6.45) is 0.511. The number of ether oxygens (including phenoxy) is 6. The molecule has 1 aliphatic carbocycles. The average molecular weight is 808 g/mol. The molecule has 3 fully saturated rings. The van der Waals surface area contributed by atoms with Crippen molar-refractivity contribution in [3.63, 3.8) is 0 Å². The number of ketones is 1. The zero-order valence-corrected chi connectivity index (χ0v) is 35.3. The van der Waals surface area contributed by atoms with Crippen molar-refractivity contribution < 1.29 is 42.7 Å². The average Bonchev–Trinajstić information content (AvgIpc) is 3.70. The number of Topliss-reactive ketones (excluding diaryl/α,β-unsaturated/α-hetero) is 1. The van der Waals surface area contributed by atoms with Crippen molar-refractivity contribution in [2.24, 2.45) is 0 Å². The molecule has 3 aromatic carbocycles. The Morgan fingerprint density at radius 2 is 1.67 bits per heavy atom. The second kappa shape index (κ2) is 15.6. The summed E-state index contributed by atoms with van der Waals surface area (Å²) in [7, 11) is 0.0643. The molecule has 0 radical (unpaired) electrons. The molecule has 2 bridgehead atoms. The normalized spacial score (nSPS) is 26.5. The first kappa shape index (κ1) is 40.3. The number of hydrogen-bond acceptors (Lipinski definition) is 12. The van der Waals surface area contributed by atoms with E-state index >= 15 is 0 Å². The van der Waals surface area contributed by atoms with Gasteiger partial charge < -0.3 is 43.3 Å². The predicted molar refractivity (Wildman–Crippen MR) is 218 cm³/mol. The van der Waals surface area contributed by atoms with Crippen LogP contribution in [-0.2, 0) is 34.6 Å². The molecule has 2 N–H and O–H groups in total. The SMILES string of the molecule is COCCOCOc1c(OC)c(C)cc2c1[C@H]1N[C@@H](C2)[C@H](C#N)N2C1CC1(O)C(=O)C(C)=C3OCOC3=C1[C@@H]2CO[Si](c1ccccc1)(c1ccccc1)C(C)(C)C. The number of hydrogen-bond donors (Lipinski definition) is 2. The molecule has 4 aliphatic heterocycles. The van der Waals surface area contributed by atoms with E-state index in [0.717, 1.165) is 27.1 Å². The number of nitrogens with zero attached hydrogens (tertiary/aromatic N) is 2. The number of aliphatic hydroxyl groups is 1. The van der Waals surface area contributed by atoms with Crippen LogP contribution in [0.1, 0.15) is 56.8 Å². The number of aryl methyl sites for hydroxylation is 1. The molecular formula is C45H53N3O9Si. The molecule has 0 spiro atoms. The molecular weight excluding hydrogens is 755 g/mol. The van der Waals surface area contributed by atoms with Gasteiger partial charge in [-0.05, 0) is 46.8 Å². The zero-order chi connectivity index (χ0) is 41.0. The van der Waals surface area contributed by atoms with Gasteiger partial charge in [0.1, 0.15) is 6.04 Å². The summed E-state index contributed by atoms with van der Waals surface area (Å²) in [6.45, 7) is 11.0.